The lowest BCUT2D eigenvalue weighted by molar-refractivity contribution is -0.740. The van der Waals surface area contributed by atoms with Gasteiger partial charge in [-0.3, -0.25) is 4.68 Å². The zero-order valence-corrected chi connectivity index (χ0v) is 26.8. The van der Waals surface area contributed by atoms with Crippen LogP contribution < -0.4 is 4.68 Å². The normalized spacial score (nSPS) is 11.4. The number of hydrogen-bond donors (Lipinski definition) is 0. The first-order chi connectivity index (χ1) is 20.7. The molecule has 0 bridgehead atoms. The van der Waals surface area contributed by atoms with Gasteiger partial charge in [-0.05, 0) is 54.0 Å². The second-order valence-electron chi connectivity index (χ2n) is 10.1. The summed E-state index contributed by atoms with van der Waals surface area (Å²) in [6, 6.07) is 25.1. The number of halogens is 6. The fourth-order valence-electron chi connectivity index (χ4n) is 4.54. The van der Waals surface area contributed by atoms with Gasteiger partial charge >= 0.3 is 12.1 Å². The van der Waals surface area contributed by atoms with E-state index >= 15 is 0 Å². The summed E-state index contributed by atoms with van der Waals surface area (Å²) in [5.74, 6) is -1.73. The SMILES string of the molecule is CC(C)OC(=O)c1cc(-c2nn(C)c(C(F)(F)F)c2Br)c(F)cc1Cl.Cn1c(-c2ccccc2)cc(-c2ccccc2)[n+]1C. The Hall–Kier alpha value is -3.96. The molecule has 2 heterocycles. The average Bonchev–Trinajstić information content (AvgIpc) is 3.43. The maximum absolute atomic E-state index is 14.3. The van der Waals surface area contributed by atoms with E-state index in [1.54, 1.807) is 13.8 Å². The van der Waals surface area contributed by atoms with Gasteiger partial charge in [-0.2, -0.15) is 23.0 Å². The lowest BCUT2D eigenvalue weighted by atomic mass is 10.1. The number of nitrogens with zero attached hydrogens (tertiary/aromatic N) is 4. The topological polar surface area (TPSA) is 52.9 Å². The highest BCUT2D eigenvalue weighted by atomic mass is 79.9. The number of benzene rings is 3. The van der Waals surface area contributed by atoms with E-state index < -0.39 is 34.2 Å². The van der Waals surface area contributed by atoms with Crippen LogP contribution >= 0.6 is 27.5 Å². The molecule has 0 amide bonds. The third-order valence-corrected chi connectivity index (χ3v) is 7.76. The van der Waals surface area contributed by atoms with E-state index in [0.29, 0.717) is 4.68 Å². The summed E-state index contributed by atoms with van der Waals surface area (Å²) in [6.45, 7) is 3.22. The van der Waals surface area contributed by atoms with Crippen molar-refractivity contribution in [1.82, 2.24) is 14.5 Å². The summed E-state index contributed by atoms with van der Waals surface area (Å²) in [6.07, 6.45) is -5.14. The van der Waals surface area contributed by atoms with Crippen LogP contribution in [0.5, 0.6) is 0 Å². The van der Waals surface area contributed by atoms with Crippen molar-refractivity contribution in [3.8, 4) is 33.8 Å². The lowest BCUT2D eigenvalue weighted by Gasteiger charge is -2.11. The third-order valence-electron chi connectivity index (χ3n) is 6.69. The van der Waals surface area contributed by atoms with E-state index in [2.05, 4.69) is 99.1 Å². The van der Waals surface area contributed by atoms with Crippen molar-refractivity contribution in [2.75, 3.05) is 0 Å². The first-order valence-electron chi connectivity index (χ1n) is 13.4. The van der Waals surface area contributed by atoms with Crippen molar-refractivity contribution in [2.24, 2.45) is 21.1 Å². The molecule has 6 nitrogen and oxygen atoms in total. The molecule has 2 aromatic heterocycles. The summed E-state index contributed by atoms with van der Waals surface area (Å²) in [5.41, 5.74) is 3.07. The van der Waals surface area contributed by atoms with Gasteiger partial charge in [0.25, 0.3) is 0 Å². The van der Waals surface area contributed by atoms with E-state index in [1.807, 2.05) is 12.1 Å². The molecule has 0 saturated heterocycles. The average molecular weight is 693 g/mol. The van der Waals surface area contributed by atoms with Gasteiger partial charge in [0.15, 0.2) is 12.7 Å². The number of ether oxygens (including phenoxy) is 1. The standard InChI is InChI=1S/C17H17N2.C15H12BrClF4N2O2/c1-18-16(14-9-5-3-6-10-14)13-17(19(18)2)15-11-7-4-8-12-15;1-6(2)25-14(24)7-4-8(10(18)5-9(7)17)12-11(16)13(15(19,20)21)23(3)22-12/h3-13H,1-2H3;4-6H,1-3H3/q+1;. The Morgan fingerprint density at radius 1 is 0.977 bits per heavy atom. The fraction of sp³-hybridized carbons (Fsp3) is 0.219. The second-order valence-corrected chi connectivity index (χ2v) is 11.3. The van der Waals surface area contributed by atoms with Crippen molar-refractivity contribution in [3.05, 3.63) is 105 Å². The highest BCUT2D eigenvalue weighted by Gasteiger charge is 2.39. The summed E-state index contributed by atoms with van der Waals surface area (Å²) >= 11 is 8.67. The van der Waals surface area contributed by atoms with Crippen LogP contribution in [0.1, 0.15) is 29.9 Å². The van der Waals surface area contributed by atoms with Crippen molar-refractivity contribution < 1.29 is 31.8 Å². The van der Waals surface area contributed by atoms with Gasteiger partial charge in [-0.25, -0.2) is 9.18 Å². The molecule has 12 heteroatoms. The Morgan fingerprint density at radius 3 is 2.07 bits per heavy atom. The summed E-state index contributed by atoms with van der Waals surface area (Å²) < 4.78 is 63.0. The molecular formula is C32H29BrClF4N4O2+. The number of alkyl halides is 3. The number of aromatic nitrogens is 4. The number of rotatable bonds is 5. The minimum atomic E-state index is -4.69. The molecule has 230 valence electrons. The lowest BCUT2D eigenvalue weighted by Crippen LogP contribution is -2.39. The molecule has 0 N–H and O–H groups in total. The molecule has 0 saturated carbocycles. The van der Waals surface area contributed by atoms with Crippen molar-refractivity contribution in [1.29, 1.82) is 0 Å². The van der Waals surface area contributed by atoms with Crippen LogP contribution in [0.25, 0.3) is 33.8 Å². The van der Waals surface area contributed by atoms with Crippen molar-refractivity contribution in [2.45, 2.75) is 26.1 Å². The largest absolute Gasteiger partial charge is 0.459 e. The molecule has 0 aliphatic heterocycles. The third kappa shape index (κ3) is 7.05. The van der Waals surface area contributed by atoms with Gasteiger partial charge in [-0.15, -0.1) is 4.68 Å². The van der Waals surface area contributed by atoms with Crippen LogP contribution in [0.3, 0.4) is 0 Å². The van der Waals surface area contributed by atoms with Crippen LogP contribution in [-0.2, 0) is 32.1 Å². The fourth-order valence-corrected chi connectivity index (χ4v) is 5.54. The molecule has 44 heavy (non-hydrogen) atoms. The van der Waals surface area contributed by atoms with E-state index in [0.717, 1.165) is 19.2 Å². The Morgan fingerprint density at radius 2 is 1.55 bits per heavy atom. The van der Waals surface area contributed by atoms with E-state index in [1.165, 1.54) is 22.5 Å². The maximum atomic E-state index is 14.3. The minimum Gasteiger partial charge on any atom is -0.459 e. The molecule has 5 rings (SSSR count). The van der Waals surface area contributed by atoms with E-state index in [9.17, 15) is 22.4 Å². The molecule has 5 aromatic rings. The quantitative estimate of drug-likeness (QED) is 0.106. The molecule has 3 aromatic carbocycles. The Bertz CT molecular complexity index is 1730. The van der Waals surface area contributed by atoms with Gasteiger partial charge in [-0.1, -0.05) is 60.1 Å². The molecule has 0 unspecified atom stereocenters. The molecule has 0 aliphatic carbocycles. The van der Waals surface area contributed by atoms with Gasteiger partial charge in [0.2, 0.25) is 5.69 Å². The van der Waals surface area contributed by atoms with Gasteiger partial charge in [0.05, 0.1) is 28.2 Å². The summed E-state index contributed by atoms with van der Waals surface area (Å²) in [4.78, 5) is 12.0. The summed E-state index contributed by atoms with van der Waals surface area (Å²) in [5, 5.41) is 3.50. The van der Waals surface area contributed by atoms with Crippen molar-refractivity contribution >= 4 is 33.5 Å². The van der Waals surface area contributed by atoms with Gasteiger partial charge in [0.1, 0.15) is 17.2 Å². The predicted molar refractivity (Wildman–Crippen MR) is 164 cm³/mol. The molecule has 0 fully saturated rings. The number of esters is 1. The first-order valence-corrected chi connectivity index (χ1v) is 14.5. The highest BCUT2D eigenvalue weighted by molar-refractivity contribution is 9.10. The van der Waals surface area contributed by atoms with E-state index in [4.69, 9.17) is 16.3 Å². The molecule has 0 atom stereocenters. The number of hydrogen-bond acceptors (Lipinski definition) is 3. The zero-order valence-electron chi connectivity index (χ0n) is 24.5. The van der Waals surface area contributed by atoms with Gasteiger partial charge in [0, 0.05) is 29.8 Å². The molecule has 0 spiro atoms. The Labute approximate surface area is 265 Å². The van der Waals surface area contributed by atoms with Crippen molar-refractivity contribution in [3.63, 3.8) is 0 Å². The first kappa shape index (κ1) is 32.9. The maximum Gasteiger partial charge on any atom is 0.434 e. The summed E-state index contributed by atoms with van der Waals surface area (Å²) in [7, 11) is 5.27. The number of aryl methyl sites for hydroxylation is 1. The van der Waals surface area contributed by atoms with Crippen LogP contribution in [-0.4, -0.2) is 26.5 Å². The predicted octanol–water partition coefficient (Wildman–Crippen LogP) is 8.41. The van der Waals surface area contributed by atoms with Gasteiger partial charge < -0.3 is 4.74 Å². The highest BCUT2D eigenvalue weighted by Crippen LogP contribution is 2.41. The molecule has 0 aliphatic rings. The smallest absolute Gasteiger partial charge is 0.434 e. The zero-order chi connectivity index (χ0) is 32.3. The molecule has 0 radical (unpaired) electrons. The second kappa shape index (κ2) is 13.4. The molecular weight excluding hydrogens is 664 g/mol. The Kier molecular flexibility index (Phi) is 10.00. The Balaban J connectivity index is 0.000000208. The van der Waals surface area contributed by atoms with Crippen LogP contribution in [0.2, 0.25) is 5.02 Å². The minimum absolute atomic E-state index is 0.169. The van der Waals surface area contributed by atoms with Crippen LogP contribution in [0.4, 0.5) is 17.6 Å². The number of carbonyl (C=O) groups is 1. The van der Waals surface area contributed by atoms with Crippen LogP contribution in [0.15, 0.2) is 83.3 Å². The van der Waals surface area contributed by atoms with E-state index in [-0.39, 0.29) is 21.8 Å². The van der Waals surface area contributed by atoms with Crippen LogP contribution in [0, 0.1) is 5.82 Å². The number of carbonyl (C=O) groups excluding carboxylic acids is 1. The monoisotopic (exact) mass is 691 g/mol.